The van der Waals surface area contributed by atoms with Crippen molar-refractivity contribution in [1.82, 2.24) is 14.5 Å². The number of aromatic nitrogens is 2. The molecule has 0 unspecified atom stereocenters. The molecule has 1 aliphatic heterocycles. The molecule has 3 aromatic rings. The third-order valence-electron chi connectivity index (χ3n) is 5.11. The molecule has 0 aliphatic carbocycles. The number of nitrogens with one attached hydrogen (secondary N) is 1. The number of carbonyl (C=O) groups is 2. The zero-order chi connectivity index (χ0) is 23.4. The molecule has 0 radical (unpaired) electrons. The van der Waals surface area contributed by atoms with Gasteiger partial charge in [0.15, 0.2) is 5.78 Å². The van der Waals surface area contributed by atoms with E-state index < -0.39 is 10.0 Å². The van der Waals surface area contributed by atoms with E-state index in [1.807, 2.05) is 0 Å². The summed E-state index contributed by atoms with van der Waals surface area (Å²) in [5.41, 5.74) is 1.74. The van der Waals surface area contributed by atoms with Crippen LogP contribution < -0.4 is 5.32 Å². The number of amides is 1. The molecule has 1 N–H and O–H groups in total. The highest BCUT2D eigenvalue weighted by molar-refractivity contribution is 7.99. The van der Waals surface area contributed by atoms with Crippen LogP contribution in [0.15, 0.2) is 63.1 Å². The van der Waals surface area contributed by atoms with Crippen LogP contribution in [-0.2, 0) is 14.8 Å². The molecule has 1 amide bonds. The Balaban J connectivity index is 1.34. The predicted molar refractivity (Wildman–Crippen MR) is 124 cm³/mol. The third-order valence-corrected chi connectivity index (χ3v) is 7.84. The van der Waals surface area contributed by atoms with Crippen molar-refractivity contribution in [2.24, 2.45) is 0 Å². The molecule has 1 fully saturated rings. The number of rotatable bonds is 8. The SMILES string of the molecule is CC(=O)c1ccc(NC(=O)CSc2nnc(-c3ccc(S(=O)(=O)N4CCCC4)cc3)o2)cc1. The van der Waals surface area contributed by atoms with Crippen molar-refractivity contribution in [1.29, 1.82) is 0 Å². The minimum Gasteiger partial charge on any atom is -0.411 e. The quantitative estimate of drug-likeness (QED) is 0.379. The topological polar surface area (TPSA) is 122 Å². The van der Waals surface area contributed by atoms with E-state index in [2.05, 4.69) is 15.5 Å². The summed E-state index contributed by atoms with van der Waals surface area (Å²) in [6, 6.07) is 12.9. The van der Waals surface area contributed by atoms with Gasteiger partial charge < -0.3 is 9.73 Å². The van der Waals surface area contributed by atoms with Crippen molar-refractivity contribution in [3.63, 3.8) is 0 Å². The van der Waals surface area contributed by atoms with E-state index in [0.29, 0.717) is 29.9 Å². The summed E-state index contributed by atoms with van der Waals surface area (Å²) in [5, 5.41) is 10.9. The van der Waals surface area contributed by atoms with Crippen molar-refractivity contribution < 1.29 is 22.4 Å². The van der Waals surface area contributed by atoms with Crippen molar-refractivity contribution >= 4 is 39.2 Å². The first-order valence-corrected chi connectivity index (χ1v) is 12.7. The van der Waals surface area contributed by atoms with Gasteiger partial charge in [-0.25, -0.2) is 8.42 Å². The Morgan fingerprint density at radius 2 is 1.70 bits per heavy atom. The van der Waals surface area contributed by atoms with Gasteiger partial charge in [0.1, 0.15) is 0 Å². The number of hydrogen-bond donors (Lipinski definition) is 1. The average Bonchev–Trinajstić information content (AvgIpc) is 3.51. The average molecular weight is 487 g/mol. The second-order valence-electron chi connectivity index (χ2n) is 7.48. The summed E-state index contributed by atoms with van der Waals surface area (Å²) in [6.45, 7) is 2.57. The smallest absolute Gasteiger partial charge is 0.277 e. The molecule has 172 valence electrons. The Labute approximate surface area is 195 Å². The fraction of sp³-hybridized carbons (Fsp3) is 0.273. The highest BCUT2D eigenvalue weighted by Crippen LogP contribution is 2.26. The van der Waals surface area contributed by atoms with Crippen LogP contribution in [0.1, 0.15) is 30.1 Å². The van der Waals surface area contributed by atoms with E-state index in [4.69, 9.17) is 4.42 Å². The van der Waals surface area contributed by atoms with Gasteiger partial charge in [0, 0.05) is 29.9 Å². The van der Waals surface area contributed by atoms with E-state index in [0.717, 1.165) is 24.6 Å². The molecule has 4 rings (SSSR count). The van der Waals surface area contributed by atoms with Gasteiger partial charge in [0.2, 0.25) is 21.8 Å². The molecule has 2 heterocycles. The highest BCUT2D eigenvalue weighted by Gasteiger charge is 2.27. The highest BCUT2D eigenvalue weighted by atomic mass is 32.2. The second kappa shape index (κ2) is 9.86. The summed E-state index contributed by atoms with van der Waals surface area (Å²) in [6.07, 6.45) is 1.76. The van der Waals surface area contributed by atoms with E-state index in [-0.39, 0.29) is 33.5 Å². The standard InChI is InChI=1S/C22H22N4O5S2/c1-15(27)16-4-8-18(9-5-16)23-20(28)14-32-22-25-24-21(31-22)17-6-10-19(11-7-17)33(29,30)26-12-2-3-13-26/h4-11H,2-3,12-14H2,1H3,(H,23,28). The molecule has 33 heavy (non-hydrogen) atoms. The molecule has 2 aromatic carbocycles. The number of benzene rings is 2. The Kier molecular flexibility index (Phi) is 6.91. The molecule has 0 saturated carbocycles. The van der Waals surface area contributed by atoms with E-state index in [9.17, 15) is 18.0 Å². The minimum absolute atomic E-state index is 0.0431. The van der Waals surface area contributed by atoms with Gasteiger partial charge in [-0.05, 0) is 68.3 Å². The zero-order valence-corrected chi connectivity index (χ0v) is 19.5. The number of ketones is 1. The maximum absolute atomic E-state index is 12.6. The first-order valence-electron chi connectivity index (χ1n) is 10.3. The summed E-state index contributed by atoms with van der Waals surface area (Å²) in [7, 11) is -3.48. The van der Waals surface area contributed by atoms with Gasteiger partial charge >= 0.3 is 0 Å². The van der Waals surface area contributed by atoms with Crippen LogP contribution in [0.25, 0.3) is 11.5 Å². The minimum atomic E-state index is -3.48. The van der Waals surface area contributed by atoms with Crippen LogP contribution in [0, 0.1) is 0 Å². The lowest BCUT2D eigenvalue weighted by Crippen LogP contribution is -2.27. The molecule has 9 nitrogen and oxygen atoms in total. The van der Waals surface area contributed by atoms with Crippen LogP contribution in [-0.4, -0.2) is 53.5 Å². The zero-order valence-electron chi connectivity index (χ0n) is 17.9. The lowest BCUT2D eigenvalue weighted by Gasteiger charge is -2.15. The summed E-state index contributed by atoms with van der Waals surface area (Å²) >= 11 is 1.09. The number of Topliss-reactive ketones (excluding diaryl/α,β-unsaturated/α-hetero) is 1. The van der Waals surface area contributed by atoms with E-state index in [1.54, 1.807) is 36.4 Å². The van der Waals surface area contributed by atoms with Crippen molar-refractivity contribution in [2.75, 3.05) is 24.2 Å². The van der Waals surface area contributed by atoms with E-state index in [1.165, 1.54) is 23.4 Å². The maximum Gasteiger partial charge on any atom is 0.277 e. The van der Waals surface area contributed by atoms with Crippen molar-refractivity contribution in [3.8, 4) is 11.5 Å². The second-order valence-corrected chi connectivity index (χ2v) is 10.3. The van der Waals surface area contributed by atoms with Crippen molar-refractivity contribution in [2.45, 2.75) is 29.9 Å². The van der Waals surface area contributed by atoms with Crippen LogP contribution >= 0.6 is 11.8 Å². The number of anilines is 1. The van der Waals surface area contributed by atoms with Gasteiger partial charge in [0.25, 0.3) is 5.22 Å². The Morgan fingerprint density at radius 3 is 2.33 bits per heavy atom. The Bertz CT molecular complexity index is 1250. The molecule has 1 saturated heterocycles. The molecule has 1 aliphatic rings. The van der Waals surface area contributed by atoms with Crippen LogP contribution in [0.2, 0.25) is 0 Å². The largest absolute Gasteiger partial charge is 0.411 e. The van der Waals surface area contributed by atoms with Crippen LogP contribution in [0.5, 0.6) is 0 Å². The summed E-state index contributed by atoms with van der Waals surface area (Å²) in [5.74, 6) is -0.00327. The molecule has 11 heteroatoms. The normalized spacial score (nSPS) is 14.3. The third kappa shape index (κ3) is 5.49. The fourth-order valence-corrected chi connectivity index (χ4v) is 5.42. The number of nitrogens with zero attached hydrogens (tertiary/aromatic N) is 3. The van der Waals surface area contributed by atoms with Crippen LogP contribution in [0.3, 0.4) is 0 Å². The number of hydrogen-bond acceptors (Lipinski definition) is 8. The number of sulfonamides is 1. The molecule has 0 atom stereocenters. The summed E-state index contributed by atoms with van der Waals surface area (Å²) in [4.78, 5) is 23.7. The number of thioether (sulfide) groups is 1. The fourth-order valence-electron chi connectivity index (χ4n) is 3.34. The Morgan fingerprint density at radius 1 is 1.03 bits per heavy atom. The summed E-state index contributed by atoms with van der Waals surface area (Å²) < 4.78 is 32.4. The molecular formula is C22H22N4O5S2. The first kappa shape index (κ1) is 23.1. The first-order chi connectivity index (χ1) is 15.8. The number of carbonyl (C=O) groups excluding carboxylic acids is 2. The Hall–Kier alpha value is -3.02. The van der Waals surface area contributed by atoms with Gasteiger partial charge in [-0.15, -0.1) is 10.2 Å². The predicted octanol–water partition coefficient (Wildman–Crippen LogP) is 3.45. The van der Waals surface area contributed by atoms with E-state index >= 15 is 0 Å². The monoisotopic (exact) mass is 486 g/mol. The van der Waals surface area contributed by atoms with Gasteiger partial charge in [-0.3, -0.25) is 9.59 Å². The molecular weight excluding hydrogens is 464 g/mol. The molecule has 0 bridgehead atoms. The van der Waals surface area contributed by atoms with Gasteiger partial charge in [-0.2, -0.15) is 4.31 Å². The van der Waals surface area contributed by atoms with Crippen molar-refractivity contribution in [3.05, 3.63) is 54.1 Å². The lowest BCUT2D eigenvalue weighted by atomic mass is 10.1. The van der Waals surface area contributed by atoms with Crippen LogP contribution in [0.4, 0.5) is 5.69 Å². The molecule has 1 aromatic heterocycles. The lowest BCUT2D eigenvalue weighted by molar-refractivity contribution is -0.113. The molecule has 0 spiro atoms. The van der Waals surface area contributed by atoms with Gasteiger partial charge in [0.05, 0.1) is 10.6 Å². The van der Waals surface area contributed by atoms with Gasteiger partial charge in [-0.1, -0.05) is 11.8 Å². The maximum atomic E-state index is 12.6.